The Morgan fingerprint density at radius 1 is 1.16 bits per heavy atom. The minimum atomic E-state index is -0.942. The van der Waals surface area contributed by atoms with Crippen molar-refractivity contribution in [2.45, 2.75) is 6.42 Å². The Labute approximate surface area is 111 Å². The van der Waals surface area contributed by atoms with Gasteiger partial charge in [0.1, 0.15) is 5.75 Å². The monoisotopic (exact) mass is 254 g/mol. The van der Waals surface area contributed by atoms with E-state index in [0.717, 1.165) is 16.7 Å². The molecule has 0 atom stereocenters. The number of carboxylic acid groups (broad SMARTS) is 1. The third-order valence-corrected chi connectivity index (χ3v) is 2.89. The molecule has 0 aliphatic rings. The maximum atomic E-state index is 11.0. The molecule has 0 unspecified atom stereocenters. The molecule has 0 saturated heterocycles. The molecule has 96 valence electrons. The van der Waals surface area contributed by atoms with Crippen LogP contribution in [0, 0.1) is 0 Å². The van der Waals surface area contributed by atoms with Crippen molar-refractivity contribution >= 4 is 5.97 Å². The molecule has 2 N–H and O–H groups in total. The second kappa shape index (κ2) is 5.40. The van der Waals surface area contributed by atoms with Gasteiger partial charge in [-0.25, -0.2) is 4.79 Å². The number of carboxylic acids is 1. The fraction of sp³-hybridized carbons (Fsp3) is 0.0625. The Morgan fingerprint density at radius 2 is 1.84 bits per heavy atom. The third-order valence-electron chi connectivity index (χ3n) is 2.89. The zero-order valence-electron chi connectivity index (χ0n) is 10.3. The second-order valence-electron chi connectivity index (χ2n) is 4.22. The van der Waals surface area contributed by atoms with E-state index in [2.05, 4.69) is 6.58 Å². The molecule has 0 heterocycles. The van der Waals surface area contributed by atoms with Crippen LogP contribution in [0.4, 0.5) is 0 Å². The van der Waals surface area contributed by atoms with Crippen LogP contribution in [0.3, 0.4) is 0 Å². The van der Waals surface area contributed by atoms with Gasteiger partial charge in [0.25, 0.3) is 0 Å². The van der Waals surface area contributed by atoms with Crippen molar-refractivity contribution in [3.8, 4) is 16.9 Å². The Morgan fingerprint density at radius 3 is 2.42 bits per heavy atom. The summed E-state index contributed by atoms with van der Waals surface area (Å²) >= 11 is 0. The van der Waals surface area contributed by atoms with Crippen LogP contribution < -0.4 is 0 Å². The predicted octanol–water partition coefficient (Wildman–Crippen LogP) is 3.49. The summed E-state index contributed by atoms with van der Waals surface area (Å²) in [5.74, 6) is -0.737. The molecule has 3 nitrogen and oxygen atoms in total. The molecular formula is C16H14O3. The van der Waals surface area contributed by atoms with Crippen LogP contribution in [0.15, 0.2) is 55.1 Å². The van der Waals surface area contributed by atoms with E-state index in [1.807, 2.05) is 0 Å². The second-order valence-corrected chi connectivity index (χ2v) is 4.22. The molecule has 0 aliphatic heterocycles. The van der Waals surface area contributed by atoms with E-state index < -0.39 is 5.97 Å². The normalized spacial score (nSPS) is 10.1. The highest BCUT2D eigenvalue weighted by Crippen LogP contribution is 2.27. The van der Waals surface area contributed by atoms with Crippen LogP contribution in [0.25, 0.3) is 11.1 Å². The molecule has 0 fully saturated rings. The Hall–Kier alpha value is -2.55. The van der Waals surface area contributed by atoms with Gasteiger partial charge in [-0.2, -0.15) is 0 Å². The van der Waals surface area contributed by atoms with Crippen molar-refractivity contribution < 1.29 is 15.0 Å². The van der Waals surface area contributed by atoms with Crippen molar-refractivity contribution in [1.82, 2.24) is 0 Å². The van der Waals surface area contributed by atoms with Gasteiger partial charge in [-0.15, -0.1) is 6.58 Å². The highest BCUT2D eigenvalue weighted by Gasteiger charge is 2.09. The molecule has 2 aromatic rings. The van der Waals surface area contributed by atoms with Gasteiger partial charge in [-0.3, -0.25) is 0 Å². The van der Waals surface area contributed by atoms with Gasteiger partial charge in [-0.05, 0) is 47.4 Å². The van der Waals surface area contributed by atoms with Gasteiger partial charge in [0.15, 0.2) is 0 Å². The number of benzene rings is 2. The van der Waals surface area contributed by atoms with E-state index in [0.29, 0.717) is 6.42 Å². The van der Waals surface area contributed by atoms with E-state index >= 15 is 0 Å². The standard InChI is InChI=1S/C16H14O3/c1-2-3-12-10-13(16(18)19)6-9-15(12)11-4-7-14(17)8-5-11/h2,4-10,17H,1,3H2,(H,18,19). The van der Waals surface area contributed by atoms with Crippen LogP contribution in [0.1, 0.15) is 15.9 Å². The van der Waals surface area contributed by atoms with Crippen molar-refractivity contribution in [3.05, 3.63) is 66.2 Å². The summed E-state index contributed by atoms with van der Waals surface area (Å²) in [6, 6.07) is 11.9. The molecule has 3 heteroatoms. The highest BCUT2D eigenvalue weighted by molar-refractivity contribution is 5.89. The molecule has 0 spiro atoms. The molecule has 0 aliphatic carbocycles. The molecule has 2 rings (SSSR count). The Balaban J connectivity index is 2.52. The first-order chi connectivity index (χ1) is 9.11. The number of hydrogen-bond acceptors (Lipinski definition) is 2. The van der Waals surface area contributed by atoms with E-state index in [9.17, 15) is 9.90 Å². The highest BCUT2D eigenvalue weighted by atomic mass is 16.4. The largest absolute Gasteiger partial charge is 0.508 e. The van der Waals surface area contributed by atoms with Crippen molar-refractivity contribution in [2.75, 3.05) is 0 Å². The van der Waals surface area contributed by atoms with E-state index in [-0.39, 0.29) is 11.3 Å². The number of allylic oxidation sites excluding steroid dienone is 1. The molecule has 19 heavy (non-hydrogen) atoms. The lowest BCUT2D eigenvalue weighted by Crippen LogP contribution is -1.98. The Kier molecular flexibility index (Phi) is 3.66. The number of rotatable bonds is 4. The fourth-order valence-corrected chi connectivity index (χ4v) is 1.97. The third kappa shape index (κ3) is 2.83. The number of aromatic hydroxyl groups is 1. The lowest BCUT2D eigenvalue weighted by Gasteiger charge is -2.09. The topological polar surface area (TPSA) is 57.5 Å². The van der Waals surface area contributed by atoms with E-state index in [1.54, 1.807) is 48.5 Å². The first-order valence-corrected chi connectivity index (χ1v) is 5.88. The SMILES string of the molecule is C=CCc1cc(C(=O)O)ccc1-c1ccc(O)cc1. The number of phenolic OH excluding ortho intramolecular Hbond substituents is 1. The zero-order chi connectivity index (χ0) is 13.8. The van der Waals surface area contributed by atoms with Gasteiger partial charge in [0.2, 0.25) is 0 Å². The van der Waals surface area contributed by atoms with Gasteiger partial charge in [0, 0.05) is 0 Å². The minimum absolute atomic E-state index is 0.205. The predicted molar refractivity (Wildman–Crippen MR) is 74.4 cm³/mol. The number of carbonyl (C=O) groups is 1. The van der Waals surface area contributed by atoms with Crippen molar-refractivity contribution in [1.29, 1.82) is 0 Å². The summed E-state index contributed by atoms with van der Waals surface area (Å²) in [4.78, 5) is 11.0. The maximum Gasteiger partial charge on any atom is 0.335 e. The van der Waals surface area contributed by atoms with Gasteiger partial charge >= 0.3 is 5.97 Å². The van der Waals surface area contributed by atoms with Gasteiger partial charge < -0.3 is 10.2 Å². The van der Waals surface area contributed by atoms with Gasteiger partial charge in [-0.1, -0.05) is 24.3 Å². The lowest BCUT2D eigenvalue weighted by molar-refractivity contribution is 0.0697. The summed E-state index contributed by atoms with van der Waals surface area (Å²) in [5, 5.41) is 18.3. The van der Waals surface area contributed by atoms with Crippen LogP contribution in [-0.4, -0.2) is 16.2 Å². The Bertz CT molecular complexity index is 612. The number of hydrogen-bond donors (Lipinski definition) is 2. The summed E-state index contributed by atoms with van der Waals surface area (Å²) < 4.78 is 0. The minimum Gasteiger partial charge on any atom is -0.508 e. The van der Waals surface area contributed by atoms with Crippen LogP contribution >= 0.6 is 0 Å². The number of phenols is 1. The summed E-state index contributed by atoms with van der Waals surface area (Å²) in [5.41, 5.74) is 3.05. The molecule has 0 radical (unpaired) electrons. The molecule has 0 amide bonds. The van der Waals surface area contributed by atoms with Crippen LogP contribution in [0.2, 0.25) is 0 Å². The average Bonchev–Trinajstić information content (AvgIpc) is 2.40. The van der Waals surface area contributed by atoms with Crippen molar-refractivity contribution in [2.24, 2.45) is 0 Å². The molecule has 0 saturated carbocycles. The fourth-order valence-electron chi connectivity index (χ4n) is 1.97. The van der Waals surface area contributed by atoms with Crippen LogP contribution in [-0.2, 0) is 6.42 Å². The zero-order valence-corrected chi connectivity index (χ0v) is 10.3. The van der Waals surface area contributed by atoms with E-state index in [4.69, 9.17) is 5.11 Å². The molecule has 0 bridgehead atoms. The lowest BCUT2D eigenvalue weighted by atomic mass is 9.95. The first-order valence-electron chi connectivity index (χ1n) is 5.88. The van der Waals surface area contributed by atoms with Crippen molar-refractivity contribution in [3.63, 3.8) is 0 Å². The van der Waals surface area contributed by atoms with E-state index in [1.165, 1.54) is 0 Å². The van der Waals surface area contributed by atoms with Gasteiger partial charge in [0.05, 0.1) is 5.56 Å². The summed E-state index contributed by atoms with van der Waals surface area (Å²) in [7, 11) is 0. The molecule has 2 aromatic carbocycles. The maximum absolute atomic E-state index is 11.0. The molecule has 0 aromatic heterocycles. The first kappa shape index (κ1) is 12.9. The van der Waals surface area contributed by atoms with Crippen LogP contribution in [0.5, 0.6) is 5.75 Å². The number of aromatic carboxylic acids is 1. The average molecular weight is 254 g/mol. The quantitative estimate of drug-likeness (QED) is 0.821. The summed E-state index contributed by atoms with van der Waals surface area (Å²) in [6.45, 7) is 3.69. The summed E-state index contributed by atoms with van der Waals surface area (Å²) in [6.07, 6.45) is 2.34. The smallest absolute Gasteiger partial charge is 0.335 e. The molecular weight excluding hydrogens is 240 g/mol.